The van der Waals surface area contributed by atoms with Crippen molar-refractivity contribution < 1.29 is 40.9 Å². The van der Waals surface area contributed by atoms with E-state index in [0.717, 1.165) is 74.5 Å². The van der Waals surface area contributed by atoms with Gasteiger partial charge in [-0.1, -0.05) is 277 Å². The Hall–Kier alpha value is -0.320. The third kappa shape index (κ3) is 32.6. The molecule has 30 unspecified atom stereocenters. The molecular weight excluding hydrogens is 1280 g/mol. The lowest BCUT2D eigenvalue weighted by molar-refractivity contribution is -0.0332. The van der Waals surface area contributed by atoms with Crippen molar-refractivity contribution in [1.29, 1.82) is 0 Å². The summed E-state index contributed by atoms with van der Waals surface area (Å²) in [6.07, 6.45) is 17.4. The number of hydrogen-bond acceptors (Lipinski definition) is 8. The van der Waals surface area contributed by atoms with Crippen LogP contribution in [-0.2, 0) is 0 Å². The minimum Gasteiger partial charge on any atom is -0.393 e. The van der Waals surface area contributed by atoms with Gasteiger partial charge in [-0.25, -0.2) is 0 Å². The summed E-state index contributed by atoms with van der Waals surface area (Å²) in [7, 11) is 0. The van der Waals surface area contributed by atoms with E-state index < -0.39 is 0 Å². The number of aliphatic hydroxyl groups is 8. The van der Waals surface area contributed by atoms with Gasteiger partial charge in [0.15, 0.2) is 0 Å². The molecule has 0 aromatic heterocycles. The second kappa shape index (κ2) is 41.6. The van der Waals surface area contributed by atoms with E-state index in [1.165, 1.54) is 57.8 Å². The van der Waals surface area contributed by atoms with Gasteiger partial charge in [-0.3, -0.25) is 0 Å². The van der Waals surface area contributed by atoms with E-state index in [1.54, 1.807) is 0 Å². The summed E-state index contributed by atoms with van der Waals surface area (Å²) in [5, 5.41) is 78.6. The third-order valence-electron chi connectivity index (χ3n) is 30.2. The summed E-state index contributed by atoms with van der Waals surface area (Å²) >= 11 is 0. The largest absolute Gasteiger partial charge is 0.393 e. The van der Waals surface area contributed by atoms with Crippen LogP contribution in [0.5, 0.6) is 0 Å². The van der Waals surface area contributed by atoms with Crippen LogP contribution in [0.15, 0.2) is 0 Å². The SMILES string of the molecule is CC1C(O)CCC(C(C)(C)C)C1C.CC1CC(C(C)(C)C)C(C)CC1O.CC1CC(C(C)(C)C)CC(C)C1O.CC1CC(C(C)(C)C)CC(O)C1C.CC1CC(C)C(C(C)(C)C)CC1O.CC1CC(O)C(C)C(C(C)(C)C)C1.CC1CC(O)CC(C(C)(C)C)C1C.CC1CCC(C(C)(C)C)C(C)C1O. The highest BCUT2D eigenvalue weighted by Crippen LogP contribution is 2.51. The molecule has 104 heavy (non-hydrogen) atoms. The maximum absolute atomic E-state index is 9.98. The zero-order valence-corrected chi connectivity index (χ0v) is 77.4. The number of aliphatic hydroxyl groups excluding tert-OH is 8. The van der Waals surface area contributed by atoms with Gasteiger partial charge in [0, 0.05) is 0 Å². The van der Waals surface area contributed by atoms with Crippen LogP contribution in [0.2, 0.25) is 0 Å². The van der Waals surface area contributed by atoms with Gasteiger partial charge in [-0.2, -0.15) is 0 Å². The Kier molecular flexibility index (Phi) is 40.7. The van der Waals surface area contributed by atoms with Crippen LogP contribution in [0.25, 0.3) is 0 Å². The van der Waals surface area contributed by atoms with Gasteiger partial charge >= 0.3 is 0 Å². The molecule has 0 amide bonds. The quantitative estimate of drug-likeness (QED) is 0.119. The lowest BCUT2D eigenvalue weighted by Crippen LogP contribution is -2.41. The van der Waals surface area contributed by atoms with E-state index in [1.807, 2.05) is 0 Å². The normalized spacial score (nSPS) is 42.0. The topological polar surface area (TPSA) is 162 Å². The summed E-state index contributed by atoms with van der Waals surface area (Å²) in [6.45, 7) is 90.9. The molecule has 0 aromatic carbocycles. The zero-order chi connectivity index (χ0) is 81.8. The minimum absolute atomic E-state index is 0.0598. The third-order valence-corrected chi connectivity index (χ3v) is 30.2. The number of rotatable bonds is 0. The van der Waals surface area contributed by atoms with E-state index in [0.29, 0.717) is 156 Å². The van der Waals surface area contributed by atoms with Crippen molar-refractivity contribution in [2.24, 2.45) is 185 Å². The fourth-order valence-corrected chi connectivity index (χ4v) is 21.7. The smallest absolute Gasteiger partial charge is 0.0594 e. The van der Waals surface area contributed by atoms with Crippen molar-refractivity contribution in [2.75, 3.05) is 0 Å². The highest BCUT2D eigenvalue weighted by Gasteiger charge is 2.45. The van der Waals surface area contributed by atoms with Crippen LogP contribution in [0.3, 0.4) is 0 Å². The lowest BCUT2D eigenvalue weighted by atomic mass is 9.63. The molecule has 8 heteroatoms. The van der Waals surface area contributed by atoms with Crippen molar-refractivity contribution in [1.82, 2.24) is 0 Å². The van der Waals surface area contributed by atoms with Crippen molar-refractivity contribution >= 4 is 0 Å². The fourth-order valence-electron chi connectivity index (χ4n) is 21.7. The minimum atomic E-state index is -0.0852. The van der Waals surface area contributed by atoms with Gasteiger partial charge in [-0.15, -0.1) is 0 Å². The van der Waals surface area contributed by atoms with E-state index in [2.05, 4.69) is 277 Å². The van der Waals surface area contributed by atoms with Gasteiger partial charge < -0.3 is 40.9 Å². The Balaban J connectivity index is 0.000000594. The molecular formula is C96H192O8. The zero-order valence-electron chi connectivity index (χ0n) is 77.4. The molecule has 0 radical (unpaired) electrons. The van der Waals surface area contributed by atoms with Crippen LogP contribution in [0, 0.1) is 185 Å². The lowest BCUT2D eigenvalue weighted by Gasteiger charge is -2.44. The summed E-state index contributed by atoms with van der Waals surface area (Å²) in [6, 6.07) is 0. The molecule has 8 N–H and O–H groups in total. The van der Waals surface area contributed by atoms with Gasteiger partial charge in [0.05, 0.1) is 48.8 Å². The number of hydrogen-bond donors (Lipinski definition) is 8. The fraction of sp³-hybridized carbons (Fsp3) is 1.00. The van der Waals surface area contributed by atoms with Gasteiger partial charge in [0.25, 0.3) is 0 Å². The van der Waals surface area contributed by atoms with Crippen LogP contribution in [0.1, 0.15) is 380 Å². The van der Waals surface area contributed by atoms with E-state index >= 15 is 0 Å². The van der Waals surface area contributed by atoms with Crippen molar-refractivity contribution in [3.8, 4) is 0 Å². The first kappa shape index (κ1) is 102. The van der Waals surface area contributed by atoms with Crippen molar-refractivity contribution in [2.45, 2.75) is 429 Å². The molecule has 0 saturated heterocycles. The van der Waals surface area contributed by atoms with Crippen LogP contribution in [0.4, 0.5) is 0 Å². The van der Waals surface area contributed by atoms with Crippen molar-refractivity contribution in [3.05, 3.63) is 0 Å². The average Bonchev–Trinajstić information content (AvgIpc) is 0.876. The monoisotopic (exact) mass is 1470 g/mol. The Morgan fingerprint density at radius 2 is 0.538 bits per heavy atom. The first-order chi connectivity index (χ1) is 46.6. The first-order valence-corrected chi connectivity index (χ1v) is 44.0. The standard InChI is InChI=1S/8C12H24O/c1-8-7-11(13)9(2)6-10(8)12(3,4)5;1-8-6-10(13)7-11(9(8)2)12(3,4)5;1-8-6-10(12(3,4)5)7-11(13)9(8)2;1-8-6-10(12(3,4)5)7-9(2)11(8)13;1-8-6-9(2)11(13)7-10(8)12(3,4)5;1-8-6-10(12(3,4)5)9(2)11(13)7-8;1-8-9(2)11(13)7-6-10(8)12(3,4)5;1-8-6-7-10(12(3,4)5)9(2)11(8)13/h8*8-11,13H,6-7H2,1-5H3. The van der Waals surface area contributed by atoms with Crippen LogP contribution >= 0.6 is 0 Å². The van der Waals surface area contributed by atoms with E-state index in [-0.39, 0.29) is 48.8 Å². The Labute approximate surface area is 651 Å². The molecule has 0 aromatic rings. The Bertz CT molecular complexity index is 2100. The van der Waals surface area contributed by atoms with Crippen molar-refractivity contribution in [3.63, 3.8) is 0 Å². The first-order valence-electron chi connectivity index (χ1n) is 44.0. The molecule has 8 aliphatic rings. The predicted molar refractivity (Wildman–Crippen MR) is 452 cm³/mol. The Morgan fingerprint density at radius 3 is 0.971 bits per heavy atom. The van der Waals surface area contributed by atoms with Gasteiger partial charge in [-0.05, 0) is 288 Å². The molecule has 8 nitrogen and oxygen atoms in total. The summed E-state index contributed by atoms with van der Waals surface area (Å²) in [5.41, 5.74) is 2.94. The summed E-state index contributed by atoms with van der Waals surface area (Å²) < 4.78 is 0. The average molecular weight is 1470 g/mol. The molecule has 0 aliphatic heterocycles. The Morgan fingerprint density at radius 1 is 0.183 bits per heavy atom. The molecule has 0 spiro atoms. The summed E-state index contributed by atoms with van der Waals surface area (Å²) in [4.78, 5) is 0. The molecule has 30 atom stereocenters. The second-order valence-electron chi connectivity index (χ2n) is 47.5. The molecule has 624 valence electrons. The molecule has 8 fully saturated rings. The highest BCUT2D eigenvalue weighted by molar-refractivity contribution is 4.95. The van der Waals surface area contributed by atoms with Crippen LogP contribution in [-0.4, -0.2) is 89.7 Å². The molecule has 0 heterocycles. The van der Waals surface area contributed by atoms with Gasteiger partial charge in [0.1, 0.15) is 0 Å². The second-order valence-corrected chi connectivity index (χ2v) is 47.5. The summed E-state index contributed by atoms with van der Waals surface area (Å²) in [5.74, 6) is 14.9. The molecule has 8 aliphatic carbocycles. The maximum atomic E-state index is 9.98. The van der Waals surface area contributed by atoms with Crippen LogP contribution < -0.4 is 0 Å². The maximum Gasteiger partial charge on any atom is 0.0594 e. The van der Waals surface area contributed by atoms with E-state index in [4.69, 9.17) is 0 Å². The van der Waals surface area contributed by atoms with E-state index in [9.17, 15) is 40.9 Å². The molecule has 8 saturated carbocycles. The molecule has 8 rings (SSSR count). The predicted octanol–water partition coefficient (Wildman–Crippen LogP) is 24.6. The van der Waals surface area contributed by atoms with Gasteiger partial charge in [0.2, 0.25) is 0 Å². The molecule has 0 bridgehead atoms. The highest BCUT2D eigenvalue weighted by atomic mass is 16.3.